The highest BCUT2D eigenvalue weighted by molar-refractivity contribution is 7.92. The molecule has 1 amide bonds. The minimum Gasteiger partial charge on any atom is -0.476 e. The Kier molecular flexibility index (Phi) is 7.94. The topological polar surface area (TPSA) is 122 Å². The quantitative estimate of drug-likeness (QED) is 0.283. The van der Waals surface area contributed by atoms with E-state index in [0.717, 1.165) is 0 Å². The van der Waals surface area contributed by atoms with Crippen LogP contribution < -0.4 is 19.1 Å². The van der Waals surface area contributed by atoms with Crippen LogP contribution >= 0.6 is 11.6 Å². The average Bonchev–Trinajstić information content (AvgIpc) is 2.95. The lowest BCUT2D eigenvalue weighted by molar-refractivity contribution is -0.122. The lowest BCUT2D eigenvalue weighted by Crippen LogP contribution is -2.49. The first-order valence-corrected chi connectivity index (χ1v) is 16.0. The van der Waals surface area contributed by atoms with Crippen LogP contribution in [-0.4, -0.2) is 35.4 Å². The van der Waals surface area contributed by atoms with Crippen LogP contribution in [0.15, 0.2) is 102 Å². The maximum Gasteiger partial charge on any atom is 0.267 e. The molecule has 5 rings (SSSR count). The molecule has 41 heavy (non-hydrogen) atoms. The smallest absolute Gasteiger partial charge is 0.267 e. The van der Waals surface area contributed by atoms with Crippen molar-refractivity contribution in [3.8, 4) is 5.75 Å². The van der Waals surface area contributed by atoms with Gasteiger partial charge in [0, 0.05) is 10.7 Å². The van der Waals surface area contributed by atoms with E-state index in [2.05, 4.69) is 10.0 Å². The molecule has 12 heteroatoms. The van der Waals surface area contributed by atoms with Gasteiger partial charge in [-0.15, -0.1) is 0 Å². The molecule has 0 saturated heterocycles. The van der Waals surface area contributed by atoms with Gasteiger partial charge >= 0.3 is 0 Å². The number of benzene rings is 4. The number of aryl methyl sites for hydroxylation is 1. The molecule has 9 nitrogen and oxygen atoms in total. The van der Waals surface area contributed by atoms with Crippen LogP contribution in [0.5, 0.6) is 5.75 Å². The van der Waals surface area contributed by atoms with Crippen molar-refractivity contribution in [3.05, 3.63) is 113 Å². The molecule has 1 atom stereocenters. The number of carbonyl (C=O) groups is 1. The molecule has 1 heterocycles. The fourth-order valence-electron chi connectivity index (χ4n) is 4.31. The molecular weight excluding hydrogens is 586 g/mol. The van der Waals surface area contributed by atoms with Crippen LogP contribution in [0.2, 0.25) is 5.02 Å². The van der Waals surface area contributed by atoms with Gasteiger partial charge in [0.25, 0.3) is 15.9 Å². The van der Waals surface area contributed by atoms with Gasteiger partial charge in [0.15, 0.2) is 6.10 Å². The Morgan fingerprint density at radius 3 is 2.34 bits per heavy atom. The molecule has 4 aromatic carbocycles. The molecule has 2 N–H and O–H groups in total. The molecule has 212 valence electrons. The number of nitrogens with one attached hydrogen (secondary N) is 2. The SMILES string of the molecule is Cc1ccc(Cl)cc1NS(=O)(=O)c1ccc(NC(=O)C2CN(S(=O)(=O)Cc3ccccc3)c3ccccc3O2)cc1. The van der Waals surface area contributed by atoms with E-state index in [9.17, 15) is 21.6 Å². The number of rotatable bonds is 8. The van der Waals surface area contributed by atoms with E-state index < -0.39 is 32.1 Å². The van der Waals surface area contributed by atoms with Crippen molar-refractivity contribution in [2.24, 2.45) is 0 Å². The van der Waals surface area contributed by atoms with Crippen molar-refractivity contribution in [1.82, 2.24) is 0 Å². The Hall–Kier alpha value is -4.06. The standard InChI is InChI=1S/C29H26ClN3O6S2/c1-20-11-12-22(30)17-25(20)32-41(37,38)24-15-13-23(14-16-24)31-29(34)28-18-33(26-9-5-6-10-27(26)39-28)40(35,36)19-21-7-3-2-4-8-21/h2-17,28,32H,18-19H2,1H3,(H,31,34). The highest BCUT2D eigenvalue weighted by Gasteiger charge is 2.36. The second kappa shape index (κ2) is 11.4. The first-order valence-electron chi connectivity index (χ1n) is 12.5. The lowest BCUT2D eigenvalue weighted by atomic mass is 10.2. The number of hydrogen-bond donors (Lipinski definition) is 2. The Bertz CT molecular complexity index is 1800. The van der Waals surface area contributed by atoms with E-state index in [-0.39, 0.29) is 22.9 Å². The van der Waals surface area contributed by atoms with Gasteiger partial charge in [-0.2, -0.15) is 0 Å². The van der Waals surface area contributed by atoms with E-state index in [4.69, 9.17) is 16.3 Å². The number of nitrogens with zero attached hydrogens (tertiary/aromatic N) is 1. The van der Waals surface area contributed by atoms with Crippen molar-refractivity contribution in [1.29, 1.82) is 0 Å². The molecule has 0 bridgehead atoms. The summed E-state index contributed by atoms with van der Waals surface area (Å²) < 4.78 is 62.2. The number of carbonyl (C=O) groups excluding carboxylic acids is 1. The molecule has 1 aliphatic heterocycles. The van der Waals surface area contributed by atoms with Crippen molar-refractivity contribution in [2.75, 3.05) is 20.9 Å². The minimum atomic E-state index is -3.92. The molecule has 1 aliphatic rings. The highest BCUT2D eigenvalue weighted by atomic mass is 35.5. The average molecular weight is 612 g/mol. The maximum absolute atomic E-state index is 13.4. The molecule has 0 spiro atoms. The van der Waals surface area contributed by atoms with Crippen LogP contribution in [0, 0.1) is 6.92 Å². The number of halogens is 1. The zero-order valence-electron chi connectivity index (χ0n) is 21.8. The second-order valence-electron chi connectivity index (χ2n) is 9.43. The highest BCUT2D eigenvalue weighted by Crippen LogP contribution is 2.36. The summed E-state index contributed by atoms with van der Waals surface area (Å²) in [5, 5.41) is 3.08. The van der Waals surface area contributed by atoms with Crippen molar-refractivity contribution in [2.45, 2.75) is 23.7 Å². The van der Waals surface area contributed by atoms with Crippen molar-refractivity contribution < 1.29 is 26.4 Å². The summed E-state index contributed by atoms with van der Waals surface area (Å²) in [6.07, 6.45) is -1.15. The van der Waals surface area contributed by atoms with Gasteiger partial charge < -0.3 is 10.1 Å². The summed E-state index contributed by atoms with van der Waals surface area (Å²) in [6.45, 7) is 1.53. The Balaban J connectivity index is 1.32. The van der Waals surface area contributed by atoms with E-state index in [1.165, 1.54) is 34.6 Å². The summed E-state index contributed by atoms with van der Waals surface area (Å²) in [5.74, 6) is -0.558. The van der Waals surface area contributed by atoms with Crippen LogP contribution in [0.1, 0.15) is 11.1 Å². The number of para-hydroxylation sites is 2. The van der Waals surface area contributed by atoms with Crippen LogP contribution in [0.4, 0.5) is 17.1 Å². The number of fused-ring (bicyclic) bond motifs is 1. The third kappa shape index (κ3) is 6.48. The fraction of sp³-hybridized carbons (Fsp3) is 0.138. The first-order chi connectivity index (χ1) is 19.5. The lowest BCUT2D eigenvalue weighted by Gasteiger charge is -2.34. The Morgan fingerprint density at radius 2 is 1.61 bits per heavy atom. The van der Waals surface area contributed by atoms with Crippen molar-refractivity contribution >= 4 is 54.6 Å². The Labute approximate surface area is 243 Å². The van der Waals surface area contributed by atoms with Gasteiger partial charge in [0.2, 0.25) is 10.0 Å². The van der Waals surface area contributed by atoms with Crippen LogP contribution in [0.3, 0.4) is 0 Å². The van der Waals surface area contributed by atoms with Gasteiger partial charge in [-0.3, -0.25) is 13.8 Å². The largest absolute Gasteiger partial charge is 0.476 e. The van der Waals surface area contributed by atoms with Gasteiger partial charge in [0.05, 0.1) is 28.6 Å². The van der Waals surface area contributed by atoms with Crippen LogP contribution in [-0.2, 0) is 30.6 Å². The number of amides is 1. The predicted molar refractivity (Wildman–Crippen MR) is 159 cm³/mol. The third-order valence-electron chi connectivity index (χ3n) is 6.43. The molecular formula is C29H26ClN3O6S2. The van der Waals surface area contributed by atoms with Gasteiger partial charge in [-0.05, 0) is 66.6 Å². The fourth-order valence-corrected chi connectivity index (χ4v) is 7.19. The van der Waals surface area contributed by atoms with Gasteiger partial charge in [-0.25, -0.2) is 16.8 Å². The molecule has 0 fully saturated rings. The van der Waals surface area contributed by atoms with E-state index in [1.807, 2.05) is 0 Å². The molecule has 0 saturated carbocycles. The van der Waals surface area contributed by atoms with Gasteiger partial charge in [-0.1, -0.05) is 60.1 Å². The number of ether oxygens (including phenoxy) is 1. The summed E-state index contributed by atoms with van der Waals surface area (Å²) in [7, 11) is -7.77. The van der Waals surface area contributed by atoms with E-state index in [0.29, 0.717) is 33.2 Å². The van der Waals surface area contributed by atoms with Gasteiger partial charge in [0.1, 0.15) is 5.75 Å². The zero-order valence-corrected chi connectivity index (χ0v) is 24.2. The molecule has 4 aromatic rings. The molecule has 1 unspecified atom stereocenters. The molecule has 0 aromatic heterocycles. The summed E-state index contributed by atoms with van der Waals surface area (Å²) in [6, 6.07) is 25.9. The monoisotopic (exact) mass is 611 g/mol. The third-order valence-corrected chi connectivity index (χ3v) is 9.76. The normalized spacial score (nSPS) is 15.0. The molecule has 0 aliphatic carbocycles. The first kappa shape index (κ1) is 28.5. The summed E-state index contributed by atoms with van der Waals surface area (Å²) >= 11 is 6.00. The predicted octanol–water partition coefficient (Wildman–Crippen LogP) is 5.19. The van der Waals surface area contributed by atoms with E-state index in [1.54, 1.807) is 73.7 Å². The van der Waals surface area contributed by atoms with Crippen LogP contribution in [0.25, 0.3) is 0 Å². The number of sulfonamides is 2. The number of hydrogen-bond acceptors (Lipinski definition) is 6. The summed E-state index contributed by atoms with van der Waals surface area (Å²) in [4.78, 5) is 13.2. The van der Waals surface area contributed by atoms with Crippen molar-refractivity contribution in [3.63, 3.8) is 0 Å². The van der Waals surface area contributed by atoms with E-state index >= 15 is 0 Å². The number of anilines is 3. The zero-order chi connectivity index (χ0) is 29.2. The summed E-state index contributed by atoms with van der Waals surface area (Å²) in [5.41, 5.74) is 2.35. The second-order valence-corrected chi connectivity index (χ2v) is 13.4. The Morgan fingerprint density at radius 1 is 0.927 bits per heavy atom. The maximum atomic E-state index is 13.4. The minimum absolute atomic E-state index is 0.0177. The molecule has 0 radical (unpaired) electrons.